The van der Waals surface area contributed by atoms with E-state index in [1.807, 2.05) is 7.05 Å². The van der Waals surface area contributed by atoms with Gasteiger partial charge in [0.05, 0.1) is 0 Å². The molecule has 0 spiro atoms. The van der Waals surface area contributed by atoms with Gasteiger partial charge in [-0.1, -0.05) is 13.8 Å². The molecule has 0 amide bonds. The first kappa shape index (κ1) is 11.8. The third-order valence-electron chi connectivity index (χ3n) is 3.22. The third kappa shape index (κ3) is 1.76. The highest BCUT2D eigenvalue weighted by molar-refractivity contribution is 5.32. The molecular formula is C10H18N6O. The van der Waals surface area contributed by atoms with E-state index in [1.54, 1.807) is 11.9 Å². The Morgan fingerprint density at radius 3 is 2.47 bits per heavy atom. The van der Waals surface area contributed by atoms with Gasteiger partial charge in [-0.25, -0.2) is 5.43 Å². The number of hydrogen-bond donors (Lipinski definition) is 2. The zero-order valence-corrected chi connectivity index (χ0v) is 10.6. The van der Waals surface area contributed by atoms with Crippen molar-refractivity contribution in [3.8, 4) is 0 Å². The molecule has 0 fully saturated rings. The molecule has 2 heterocycles. The Balaban J connectivity index is 2.55. The Kier molecular flexibility index (Phi) is 2.78. The summed E-state index contributed by atoms with van der Waals surface area (Å²) in [4.78, 5) is 12.0. The molecule has 2 N–H and O–H groups in total. The fourth-order valence-electron chi connectivity index (χ4n) is 1.95. The molecule has 1 aliphatic rings. The maximum atomic E-state index is 12.0. The van der Waals surface area contributed by atoms with Gasteiger partial charge in [-0.05, 0) is 19.8 Å². The first-order valence-corrected chi connectivity index (χ1v) is 5.79. The molecule has 0 radical (unpaired) electrons. The number of aromatic nitrogens is 3. The highest BCUT2D eigenvalue weighted by Gasteiger charge is 2.34. The first-order valence-electron chi connectivity index (χ1n) is 5.79. The SMILES string of the molecule is CCC1(CC)NN(C)c2nnc(C)c(=O)n2N1. The van der Waals surface area contributed by atoms with Crippen LogP contribution in [-0.2, 0) is 0 Å². The minimum atomic E-state index is -0.318. The maximum Gasteiger partial charge on any atom is 0.295 e. The predicted molar refractivity (Wildman–Crippen MR) is 65.2 cm³/mol. The fourth-order valence-corrected chi connectivity index (χ4v) is 1.95. The summed E-state index contributed by atoms with van der Waals surface area (Å²) in [6.07, 6.45) is 1.70. The van der Waals surface area contributed by atoms with Crippen LogP contribution in [0.3, 0.4) is 0 Å². The van der Waals surface area contributed by atoms with E-state index in [1.165, 1.54) is 4.68 Å². The largest absolute Gasteiger partial charge is 0.298 e. The fraction of sp³-hybridized carbons (Fsp3) is 0.700. The summed E-state index contributed by atoms with van der Waals surface area (Å²) in [5.41, 5.74) is 6.40. The molecule has 7 heteroatoms. The van der Waals surface area contributed by atoms with Crippen molar-refractivity contribution in [1.29, 1.82) is 0 Å². The van der Waals surface area contributed by atoms with Crippen LogP contribution in [0.2, 0.25) is 0 Å². The van der Waals surface area contributed by atoms with Gasteiger partial charge in [0, 0.05) is 7.05 Å². The van der Waals surface area contributed by atoms with Gasteiger partial charge in [0.25, 0.3) is 11.5 Å². The van der Waals surface area contributed by atoms with E-state index in [0.29, 0.717) is 11.6 Å². The van der Waals surface area contributed by atoms with Gasteiger partial charge >= 0.3 is 0 Å². The smallest absolute Gasteiger partial charge is 0.295 e. The molecule has 17 heavy (non-hydrogen) atoms. The average Bonchev–Trinajstić information content (AvgIpc) is 2.34. The van der Waals surface area contributed by atoms with E-state index >= 15 is 0 Å². The van der Waals surface area contributed by atoms with Crippen LogP contribution in [0.1, 0.15) is 32.4 Å². The van der Waals surface area contributed by atoms with Gasteiger partial charge in [-0.15, -0.1) is 10.2 Å². The number of fused-ring (bicyclic) bond motifs is 1. The molecule has 1 aliphatic heterocycles. The van der Waals surface area contributed by atoms with Crippen LogP contribution in [0, 0.1) is 6.92 Å². The molecule has 0 unspecified atom stereocenters. The minimum Gasteiger partial charge on any atom is -0.298 e. The average molecular weight is 238 g/mol. The molecule has 0 aromatic carbocycles. The topological polar surface area (TPSA) is 75.1 Å². The lowest BCUT2D eigenvalue weighted by molar-refractivity contribution is 0.281. The van der Waals surface area contributed by atoms with Crippen LogP contribution in [0.4, 0.5) is 5.95 Å². The summed E-state index contributed by atoms with van der Waals surface area (Å²) in [5, 5.41) is 9.58. The maximum absolute atomic E-state index is 12.0. The van der Waals surface area contributed by atoms with Gasteiger partial charge in [0.15, 0.2) is 0 Å². The van der Waals surface area contributed by atoms with Crippen LogP contribution in [-0.4, -0.2) is 27.6 Å². The normalized spacial score (nSPS) is 17.5. The highest BCUT2D eigenvalue weighted by atomic mass is 16.1. The van der Waals surface area contributed by atoms with Crippen LogP contribution < -0.4 is 21.4 Å². The van der Waals surface area contributed by atoms with E-state index in [2.05, 4.69) is 34.9 Å². The van der Waals surface area contributed by atoms with Crippen molar-refractivity contribution in [2.75, 3.05) is 17.5 Å². The van der Waals surface area contributed by atoms with Crippen LogP contribution in [0.25, 0.3) is 0 Å². The molecule has 0 bridgehead atoms. The summed E-state index contributed by atoms with van der Waals surface area (Å²) in [5.74, 6) is 0.470. The van der Waals surface area contributed by atoms with Gasteiger partial charge in [-0.3, -0.25) is 15.2 Å². The Morgan fingerprint density at radius 1 is 1.24 bits per heavy atom. The quantitative estimate of drug-likeness (QED) is 0.753. The van der Waals surface area contributed by atoms with Crippen molar-refractivity contribution >= 4 is 5.95 Å². The van der Waals surface area contributed by atoms with Crippen molar-refractivity contribution in [1.82, 2.24) is 20.3 Å². The minimum absolute atomic E-state index is 0.158. The van der Waals surface area contributed by atoms with Crippen LogP contribution in [0.15, 0.2) is 4.79 Å². The number of nitrogens with one attached hydrogen (secondary N) is 2. The first-order chi connectivity index (χ1) is 8.03. The number of aryl methyl sites for hydroxylation is 1. The predicted octanol–water partition coefficient (Wildman–Crippen LogP) is -0.0391. The number of anilines is 1. The standard InChI is InChI=1S/C10H18N6O/c1-5-10(6-2)13-15(4)9-12-11-7(3)8(17)16(9)14-10/h13-14H,5-6H2,1-4H3. The van der Waals surface area contributed by atoms with E-state index in [4.69, 9.17) is 0 Å². The monoisotopic (exact) mass is 238 g/mol. The van der Waals surface area contributed by atoms with Gasteiger partial charge < -0.3 is 0 Å². The van der Waals surface area contributed by atoms with E-state index in [-0.39, 0.29) is 11.2 Å². The molecule has 2 rings (SSSR count). The zero-order chi connectivity index (χ0) is 12.6. The Hall–Kier alpha value is -1.63. The zero-order valence-electron chi connectivity index (χ0n) is 10.6. The lowest BCUT2D eigenvalue weighted by Crippen LogP contribution is -2.66. The molecule has 7 nitrogen and oxygen atoms in total. The Labute approximate surface area is 99.8 Å². The molecule has 0 atom stereocenters. The molecule has 0 saturated carbocycles. The Morgan fingerprint density at radius 2 is 1.88 bits per heavy atom. The van der Waals surface area contributed by atoms with Gasteiger partial charge in [0.1, 0.15) is 11.4 Å². The van der Waals surface area contributed by atoms with Crippen molar-refractivity contribution < 1.29 is 0 Å². The second-order valence-corrected chi connectivity index (χ2v) is 4.30. The molecule has 0 aliphatic carbocycles. The second-order valence-electron chi connectivity index (χ2n) is 4.30. The molecule has 1 aromatic heterocycles. The number of nitrogens with zero attached hydrogens (tertiary/aromatic N) is 4. The second kappa shape index (κ2) is 3.99. The summed E-state index contributed by atoms with van der Waals surface area (Å²) < 4.78 is 1.46. The number of hydrogen-bond acceptors (Lipinski definition) is 6. The lowest BCUT2D eigenvalue weighted by Gasteiger charge is -2.43. The lowest BCUT2D eigenvalue weighted by atomic mass is 10.1. The number of hydrazine groups is 1. The van der Waals surface area contributed by atoms with Crippen molar-refractivity contribution in [3.63, 3.8) is 0 Å². The van der Waals surface area contributed by atoms with Crippen LogP contribution in [0.5, 0.6) is 0 Å². The van der Waals surface area contributed by atoms with E-state index < -0.39 is 0 Å². The van der Waals surface area contributed by atoms with E-state index in [0.717, 1.165) is 12.8 Å². The van der Waals surface area contributed by atoms with Crippen molar-refractivity contribution in [2.45, 2.75) is 39.3 Å². The molecule has 94 valence electrons. The van der Waals surface area contributed by atoms with Crippen molar-refractivity contribution in [2.24, 2.45) is 0 Å². The number of rotatable bonds is 2. The Bertz CT molecular complexity index is 478. The summed E-state index contributed by atoms with van der Waals surface area (Å²) in [7, 11) is 1.83. The van der Waals surface area contributed by atoms with Crippen molar-refractivity contribution in [3.05, 3.63) is 16.0 Å². The summed E-state index contributed by atoms with van der Waals surface area (Å²) in [6.45, 7) is 5.79. The van der Waals surface area contributed by atoms with Crippen LogP contribution >= 0.6 is 0 Å². The molecule has 0 saturated heterocycles. The third-order valence-corrected chi connectivity index (χ3v) is 3.22. The highest BCUT2D eigenvalue weighted by Crippen LogP contribution is 2.20. The molecule has 1 aromatic rings. The summed E-state index contributed by atoms with van der Waals surface area (Å²) in [6, 6.07) is 0. The molecular weight excluding hydrogens is 220 g/mol. The van der Waals surface area contributed by atoms with E-state index in [9.17, 15) is 4.79 Å². The van der Waals surface area contributed by atoms with Gasteiger partial charge in [-0.2, -0.15) is 4.68 Å². The summed E-state index contributed by atoms with van der Waals surface area (Å²) >= 11 is 0. The van der Waals surface area contributed by atoms with Gasteiger partial charge in [0.2, 0.25) is 0 Å².